The third-order valence-electron chi connectivity index (χ3n) is 6.73. The molecule has 0 amide bonds. The van der Waals surface area contributed by atoms with E-state index in [1.807, 2.05) is 31.0 Å². The molecular formula is C27H23N7S. The number of hydrogen-bond donors (Lipinski definition) is 2. The van der Waals surface area contributed by atoms with Crippen molar-refractivity contribution in [3.05, 3.63) is 72.3 Å². The van der Waals surface area contributed by atoms with Gasteiger partial charge in [0.2, 0.25) is 0 Å². The maximum atomic E-state index is 4.70. The average Bonchev–Trinajstić information content (AvgIpc) is 3.70. The minimum atomic E-state index is 0.873. The van der Waals surface area contributed by atoms with Crippen molar-refractivity contribution in [1.29, 1.82) is 0 Å². The first-order valence-electron chi connectivity index (χ1n) is 11.8. The summed E-state index contributed by atoms with van der Waals surface area (Å²) in [5, 5.41) is 12.0. The molecule has 7 heterocycles. The zero-order valence-corrected chi connectivity index (χ0v) is 19.8. The fourth-order valence-corrected chi connectivity index (χ4v) is 5.75. The number of aromatic nitrogens is 6. The first-order valence-corrected chi connectivity index (χ1v) is 12.7. The molecule has 172 valence electrons. The molecule has 2 N–H and O–H groups in total. The molecule has 0 unspecified atom stereocenters. The third kappa shape index (κ3) is 3.71. The molecule has 1 saturated heterocycles. The lowest BCUT2D eigenvalue weighted by molar-refractivity contribution is 0.331. The summed E-state index contributed by atoms with van der Waals surface area (Å²) in [7, 11) is 0. The first kappa shape index (κ1) is 20.5. The van der Waals surface area contributed by atoms with Gasteiger partial charge in [-0.25, -0.2) is 0 Å². The Kier molecular flexibility index (Phi) is 4.92. The number of H-pyrrole nitrogens is 2. The summed E-state index contributed by atoms with van der Waals surface area (Å²) in [6.45, 7) is 3.28. The van der Waals surface area contributed by atoms with Crippen molar-refractivity contribution < 1.29 is 0 Å². The zero-order valence-electron chi connectivity index (χ0n) is 19.0. The zero-order chi connectivity index (χ0) is 23.2. The van der Waals surface area contributed by atoms with E-state index in [1.54, 1.807) is 11.3 Å². The van der Waals surface area contributed by atoms with Gasteiger partial charge in [-0.15, -0.1) is 11.3 Å². The van der Waals surface area contributed by atoms with E-state index in [2.05, 4.69) is 65.8 Å². The lowest BCUT2D eigenvalue weighted by Gasteiger charge is -2.14. The van der Waals surface area contributed by atoms with Crippen molar-refractivity contribution in [1.82, 2.24) is 35.0 Å². The molecule has 7 rings (SSSR count). The molecule has 0 aliphatic carbocycles. The molecular weight excluding hydrogens is 454 g/mol. The number of nitrogens with zero attached hydrogens (tertiary/aromatic N) is 5. The van der Waals surface area contributed by atoms with Crippen LogP contribution in [0.3, 0.4) is 0 Å². The number of fused-ring (bicyclic) bond motifs is 2. The quantitative estimate of drug-likeness (QED) is 0.323. The van der Waals surface area contributed by atoms with Crippen LogP contribution in [0.15, 0.2) is 66.7 Å². The van der Waals surface area contributed by atoms with Crippen LogP contribution in [-0.2, 0) is 6.54 Å². The van der Waals surface area contributed by atoms with Gasteiger partial charge >= 0.3 is 0 Å². The SMILES string of the molecule is c1csc(-c2cncc3[nH]c(-c4n[nH]c5cnc(-c6cncc(CN7CCCC7)c6)cc45)cc23)c1. The summed E-state index contributed by atoms with van der Waals surface area (Å²) in [4.78, 5) is 20.9. The Morgan fingerprint density at radius 1 is 0.914 bits per heavy atom. The molecule has 0 spiro atoms. The monoisotopic (exact) mass is 477 g/mol. The molecule has 8 heteroatoms. The summed E-state index contributed by atoms with van der Waals surface area (Å²) in [5.41, 5.74) is 8.00. The molecule has 6 aromatic heterocycles. The van der Waals surface area contributed by atoms with Crippen LogP contribution in [0.1, 0.15) is 18.4 Å². The molecule has 0 atom stereocenters. The van der Waals surface area contributed by atoms with E-state index >= 15 is 0 Å². The second-order valence-electron chi connectivity index (χ2n) is 9.06. The summed E-state index contributed by atoms with van der Waals surface area (Å²) in [6, 6.07) is 10.7. The molecule has 0 saturated carbocycles. The molecule has 0 aromatic carbocycles. The summed E-state index contributed by atoms with van der Waals surface area (Å²) >= 11 is 1.72. The van der Waals surface area contributed by atoms with Crippen LogP contribution in [0.25, 0.3) is 54.9 Å². The largest absolute Gasteiger partial charge is 0.352 e. The molecule has 35 heavy (non-hydrogen) atoms. The molecule has 6 aromatic rings. The summed E-state index contributed by atoms with van der Waals surface area (Å²) < 4.78 is 0. The minimum Gasteiger partial charge on any atom is -0.352 e. The molecule has 0 bridgehead atoms. The standard InChI is InChI=1S/C27H23N7S/c1-2-6-34(5-1)16-17-8-18(12-28-11-17)22-10-20-25(15-30-22)32-33-27(20)23-9-19-21(26-4-3-7-35-26)13-29-14-24(19)31-23/h3-4,7-15,31H,1-2,5-6,16H2,(H,32,33). The number of rotatable bonds is 5. The number of nitrogens with one attached hydrogen (secondary N) is 2. The molecule has 0 radical (unpaired) electrons. The normalized spacial score (nSPS) is 14.4. The van der Waals surface area contributed by atoms with Crippen molar-refractivity contribution in [3.63, 3.8) is 0 Å². The highest BCUT2D eigenvalue weighted by Gasteiger charge is 2.16. The van der Waals surface area contributed by atoms with Gasteiger partial charge in [-0.3, -0.25) is 25.0 Å². The van der Waals surface area contributed by atoms with Gasteiger partial charge in [-0.05, 0) is 61.1 Å². The van der Waals surface area contributed by atoms with E-state index in [0.29, 0.717) is 0 Å². The van der Waals surface area contributed by atoms with Crippen LogP contribution in [0, 0.1) is 0 Å². The van der Waals surface area contributed by atoms with Crippen molar-refractivity contribution in [2.24, 2.45) is 0 Å². The Morgan fingerprint density at radius 3 is 2.71 bits per heavy atom. The van der Waals surface area contributed by atoms with Crippen molar-refractivity contribution in [2.45, 2.75) is 19.4 Å². The molecule has 7 nitrogen and oxygen atoms in total. The van der Waals surface area contributed by atoms with Crippen LogP contribution >= 0.6 is 11.3 Å². The van der Waals surface area contributed by atoms with Crippen LogP contribution in [0.2, 0.25) is 0 Å². The highest BCUT2D eigenvalue weighted by molar-refractivity contribution is 7.13. The van der Waals surface area contributed by atoms with Crippen molar-refractivity contribution in [3.8, 4) is 33.1 Å². The van der Waals surface area contributed by atoms with Gasteiger partial charge in [0.15, 0.2) is 0 Å². The summed E-state index contributed by atoms with van der Waals surface area (Å²) in [5.74, 6) is 0. The Balaban J connectivity index is 1.28. The Bertz CT molecular complexity index is 1640. The smallest absolute Gasteiger partial charge is 0.116 e. The first-order chi connectivity index (χ1) is 17.3. The molecule has 1 aliphatic rings. The predicted octanol–water partition coefficient (Wildman–Crippen LogP) is 5.89. The molecule has 1 aliphatic heterocycles. The van der Waals surface area contributed by atoms with E-state index in [1.165, 1.54) is 36.4 Å². The second-order valence-corrected chi connectivity index (χ2v) is 10.0. The highest BCUT2D eigenvalue weighted by atomic mass is 32.1. The lowest BCUT2D eigenvalue weighted by atomic mass is 10.1. The van der Waals surface area contributed by atoms with Gasteiger partial charge in [0.05, 0.1) is 34.8 Å². The van der Waals surface area contributed by atoms with Gasteiger partial charge in [0, 0.05) is 51.9 Å². The number of pyridine rings is 3. The minimum absolute atomic E-state index is 0.873. The lowest BCUT2D eigenvalue weighted by Crippen LogP contribution is -2.18. The average molecular weight is 478 g/mol. The van der Waals surface area contributed by atoms with E-state index in [9.17, 15) is 0 Å². The predicted molar refractivity (Wildman–Crippen MR) is 140 cm³/mol. The fraction of sp³-hybridized carbons (Fsp3) is 0.185. The maximum Gasteiger partial charge on any atom is 0.116 e. The Morgan fingerprint density at radius 2 is 1.83 bits per heavy atom. The third-order valence-corrected chi connectivity index (χ3v) is 7.63. The van der Waals surface area contributed by atoms with Gasteiger partial charge < -0.3 is 4.98 Å². The van der Waals surface area contributed by atoms with Gasteiger partial charge in [-0.2, -0.15) is 5.10 Å². The van der Waals surface area contributed by atoms with Gasteiger partial charge in [0.25, 0.3) is 0 Å². The number of thiophene rings is 1. The Hall–Kier alpha value is -3.88. The second kappa shape index (κ2) is 8.41. The van der Waals surface area contributed by atoms with Gasteiger partial charge in [0.1, 0.15) is 5.69 Å². The van der Waals surface area contributed by atoms with Crippen LogP contribution in [0.5, 0.6) is 0 Å². The van der Waals surface area contributed by atoms with Crippen LogP contribution in [0.4, 0.5) is 0 Å². The molecule has 1 fully saturated rings. The number of hydrogen-bond acceptors (Lipinski definition) is 6. The van der Waals surface area contributed by atoms with Crippen LogP contribution in [-0.4, -0.2) is 48.1 Å². The maximum absolute atomic E-state index is 4.70. The summed E-state index contributed by atoms with van der Waals surface area (Å²) in [6.07, 6.45) is 12.1. The van der Waals surface area contributed by atoms with E-state index < -0.39 is 0 Å². The highest BCUT2D eigenvalue weighted by Crippen LogP contribution is 2.35. The van der Waals surface area contributed by atoms with Crippen molar-refractivity contribution in [2.75, 3.05) is 13.1 Å². The van der Waals surface area contributed by atoms with Crippen LogP contribution < -0.4 is 0 Å². The van der Waals surface area contributed by atoms with Crippen molar-refractivity contribution >= 4 is 33.1 Å². The Labute approximate surface area is 205 Å². The fourth-order valence-electron chi connectivity index (χ4n) is 5.00. The topological polar surface area (TPSA) is 86.4 Å². The van der Waals surface area contributed by atoms with E-state index in [4.69, 9.17) is 4.98 Å². The number of likely N-dealkylation sites (tertiary alicyclic amines) is 1. The number of aromatic amines is 2. The van der Waals surface area contributed by atoms with E-state index in [0.717, 1.165) is 56.6 Å². The van der Waals surface area contributed by atoms with E-state index in [-0.39, 0.29) is 0 Å². The van der Waals surface area contributed by atoms with Gasteiger partial charge in [-0.1, -0.05) is 6.07 Å².